The van der Waals surface area contributed by atoms with Gasteiger partial charge in [0.15, 0.2) is 0 Å². The molecule has 1 aliphatic carbocycles. The molecule has 1 aliphatic rings. The molecule has 0 atom stereocenters. The molecule has 0 unspecified atom stereocenters. The SMILES string of the molecule is CCCC1CCC(c2ccc(C=Cc3ccc(CC)cc3)c(F)c2)CC1. The van der Waals surface area contributed by atoms with E-state index >= 15 is 0 Å². The van der Waals surface area contributed by atoms with Crippen LogP contribution in [0.25, 0.3) is 12.2 Å². The van der Waals surface area contributed by atoms with E-state index in [0.29, 0.717) is 11.5 Å². The first kappa shape index (κ1) is 18.9. The normalized spacial score (nSPS) is 20.6. The van der Waals surface area contributed by atoms with Gasteiger partial charge < -0.3 is 0 Å². The third kappa shape index (κ3) is 4.84. The van der Waals surface area contributed by atoms with Crippen LogP contribution in [0.3, 0.4) is 0 Å². The summed E-state index contributed by atoms with van der Waals surface area (Å²) < 4.78 is 14.6. The molecule has 2 aromatic carbocycles. The quantitative estimate of drug-likeness (QED) is 0.470. The van der Waals surface area contributed by atoms with E-state index in [0.717, 1.165) is 17.9 Å². The van der Waals surface area contributed by atoms with Crippen LogP contribution in [0.2, 0.25) is 0 Å². The number of benzene rings is 2. The minimum atomic E-state index is -0.0976. The Labute approximate surface area is 158 Å². The molecular formula is C25H31F. The summed E-state index contributed by atoms with van der Waals surface area (Å²) in [5.74, 6) is 1.33. The van der Waals surface area contributed by atoms with Crippen LogP contribution in [0.4, 0.5) is 4.39 Å². The highest BCUT2D eigenvalue weighted by Crippen LogP contribution is 2.37. The zero-order chi connectivity index (χ0) is 18.4. The van der Waals surface area contributed by atoms with Gasteiger partial charge in [-0.05, 0) is 66.7 Å². The van der Waals surface area contributed by atoms with Gasteiger partial charge in [-0.2, -0.15) is 0 Å². The standard InChI is InChI=1S/C25H31F/c1-3-5-20-10-13-22(14-11-20)24-17-16-23(25(26)18-24)15-12-21-8-6-19(4-2)7-9-21/h6-9,12,15-18,20,22H,3-5,10-11,13-14H2,1-2H3. The second-order valence-electron chi connectivity index (χ2n) is 7.72. The van der Waals surface area contributed by atoms with Crippen LogP contribution < -0.4 is 0 Å². The predicted octanol–water partition coefficient (Wildman–Crippen LogP) is 7.63. The molecule has 0 spiro atoms. The van der Waals surface area contributed by atoms with Gasteiger partial charge in [0.25, 0.3) is 0 Å². The summed E-state index contributed by atoms with van der Waals surface area (Å²) in [4.78, 5) is 0. The minimum absolute atomic E-state index is 0.0976. The van der Waals surface area contributed by atoms with Crippen LogP contribution in [0, 0.1) is 11.7 Å². The first-order valence-corrected chi connectivity index (χ1v) is 10.3. The van der Waals surface area contributed by atoms with Crippen molar-refractivity contribution in [1.82, 2.24) is 0 Å². The Morgan fingerprint density at radius 3 is 2.27 bits per heavy atom. The van der Waals surface area contributed by atoms with Crippen LogP contribution in [-0.2, 0) is 6.42 Å². The van der Waals surface area contributed by atoms with Crippen molar-refractivity contribution in [3.63, 3.8) is 0 Å². The van der Waals surface area contributed by atoms with Gasteiger partial charge in [0.1, 0.15) is 5.82 Å². The van der Waals surface area contributed by atoms with Crippen molar-refractivity contribution in [3.05, 3.63) is 70.5 Å². The van der Waals surface area contributed by atoms with Crippen molar-refractivity contribution < 1.29 is 4.39 Å². The van der Waals surface area contributed by atoms with Gasteiger partial charge >= 0.3 is 0 Å². The van der Waals surface area contributed by atoms with Gasteiger partial charge in [-0.15, -0.1) is 0 Å². The van der Waals surface area contributed by atoms with Crippen LogP contribution in [0.15, 0.2) is 42.5 Å². The Hall–Kier alpha value is -1.89. The lowest BCUT2D eigenvalue weighted by Crippen LogP contribution is -2.13. The summed E-state index contributed by atoms with van der Waals surface area (Å²) >= 11 is 0. The van der Waals surface area contributed by atoms with Crippen LogP contribution in [0.5, 0.6) is 0 Å². The molecule has 0 heterocycles. The maximum absolute atomic E-state index is 14.6. The lowest BCUT2D eigenvalue weighted by Gasteiger charge is -2.28. The lowest BCUT2D eigenvalue weighted by molar-refractivity contribution is 0.308. The number of rotatable bonds is 6. The molecule has 0 amide bonds. The average molecular weight is 351 g/mol. The molecule has 0 saturated heterocycles. The molecule has 1 heteroatoms. The number of hydrogen-bond acceptors (Lipinski definition) is 0. The van der Waals surface area contributed by atoms with Crippen molar-refractivity contribution in [2.24, 2.45) is 5.92 Å². The third-order valence-electron chi connectivity index (χ3n) is 5.88. The molecule has 26 heavy (non-hydrogen) atoms. The minimum Gasteiger partial charge on any atom is -0.206 e. The predicted molar refractivity (Wildman–Crippen MR) is 111 cm³/mol. The van der Waals surface area contributed by atoms with E-state index in [-0.39, 0.29) is 5.82 Å². The molecule has 3 rings (SSSR count). The van der Waals surface area contributed by atoms with E-state index in [1.807, 2.05) is 18.2 Å². The Balaban J connectivity index is 1.64. The maximum Gasteiger partial charge on any atom is 0.130 e. The summed E-state index contributed by atoms with van der Waals surface area (Å²) in [7, 11) is 0. The van der Waals surface area contributed by atoms with E-state index in [1.165, 1.54) is 49.7 Å². The third-order valence-corrected chi connectivity index (χ3v) is 5.88. The van der Waals surface area contributed by atoms with E-state index in [2.05, 4.69) is 44.2 Å². The Morgan fingerprint density at radius 2 is 1.65 bits per heavy atom. The van der Waals surface area contributed by atoms with Gasteiger partial charge in [-0.3, -0.25) is 0 Å². The second kappa shape index (κ2) is 9.16. The highest BCUT2D eigenvalue weighted by Gasteiger charge is 2.22. The highest BCUT2D eigenvalue weighted by atomic mass is 19.1. The summed E-state index contributed by atoms with van der Waals surface area (Å²) in [5, 5.41) is 0. The van der Waals surface area contributed by atoms with Gasteiger partial charge in [-0.25, -0.2) is 4.39 Å². The van der Waals surface area contributed by atoms with Crippen molar-refractivity contribution in [1.29, 1.82) is 0 Å². The fraction of sp³-hybridized carbons (Fsp3) is 0.440. The number of hydrogen-bond donors (Lipinski definition) is 0. The summed E-state index contributed by atoms with van der Waals surface area (Å²) in [5.41, 5.74) is 4.29. The zero-order valence-electron chi connectivity index (χ0n) is 16.2. The fourth-order valence-electron chi connectivity index (χ4n) is 4.18. The molecule has 2 aromatic rings. The molecule has 1 fully saturated rings. The first-order valence-electron chi connectivity index (χ1n) is 10.3. The van der Waals surface area contributed by atoms with Crippen LogP contribution in [0.1, 0.15) is 80.5 Å². The van der Waals surface area contributed by atoms with Crippen molar-refractivity contribution in [2.75, 3.05) is 0 Å². The summed E-state index contributed by atoms with van der Waals surface area (Å²) in [6.07, 6.45) is 12.6. The second-order valence-corrected chi connectivity index (χ2v) is 7.72. The molecule has 1 saturated carbocycles. The topological polar surface area (TPSA) is 0 Å². The van der Waals surface area contributed by atoms with E-state index < -0.39 is 0 Å². The molecule has 0 aliphatic heterocycles. The van der Waals surface area contributed by atoms with Crippen molar-refractivity contribution in [2.45, 2.75) is 64.7 Å². The maximum atomic E-state index is 14.6. The highest BCUT2D eigenvalue weighted by molar-refractivity contribution is 5.70. The smallest absolute Gasteiger partial charge is 0.130 e. The van der Waals surface area contributed by atoms with Crippen LogP contribution in [-0.4, -0.2) is 0 Å². The van der Waals surface area contributed by atoms with Gasteiger partial charge in [0.2, 0.25) is 0 Å². The van der Waals surface area contributed by atoms with Crippen molar-refractivity contribution >= 4 is 12.2 Å². The molecule has 138 valence electrons. The molecule has 0 nitrogen and oxygen atoms in total. The molecular weight excluding hydrogens is 319 g/mol. The Bertz CT molecular complexity index is 718. The summed E-state index contributed by atoms with van der Waals surface area (Å²) in [6.45, 7) is 4.42. The van der Waals surface area contributed by atoms with E-state index in [1.54, 1.807) is 6.07 Å². The summed E-state index contributed by atoms with van der Waals surface area (Å²) in [6, 6.07) is 14.3. The lowest BCUT2D eigenvalue weighted by atomic mass is 9.77. The van der Waals surface area contributed by atoms with Gasteiger partial charge in [0.05, 0.1) is 0 Å². The fourth-order valence-corrected chi connectivity index (χ4v) is 4.18. The number of aryl methyl sites for hydroxylation is 1. The van der Waals surface area contributed by atoms with Gasteiger partial charge in [0, 0.05) is 5.56 Å². The Morgan fingerprint density at radius 1 is 0.923 bits per heavy atom. The van der Waals surface area contributed by atoms with E-state index in [4.69, 9.17) is 0 Å². The first-order chi connectivity index (χ1) is 12.7. The molecule has 0 aromatic heterocycles. The largest absolute Gasteiger partial charge is 0.206 e. The van der Waals surface area contributed by atoms with Crippen LogP contribution >= 0.6 is 0 Å². The average Bonchev–Trinajstić information content (AvgIpc) is 2.68. The monoisotopic (exact) mass is 350 g/mol. The Kier molecular flexibility index (Phi) is 6.66. The number of halogens is 1. The molecule has 0 N–H and O–H groups in total. The molecule has 0 radical (unpaired) electrons. The zero-order valence-corrected chi connectivity index (χ0v) is 16.2. The molecule has 0 bridgehead atoms. The van der Waals surface area contributed by atoms with Crippen molar-refractivity contribution in [3.8, 4) is 0 Å². The van der Waals surface area contributed by atoms with E-state index in [9.17, 15) is 4.39 Å². The van der Waals surface area contributed by atoms with Gasteiger partial charge in [-0.1, -0.05) is 75.2 Å².